The molecule has 0 fully saturated rings. The molecule has 1 heterocycles. The van der Waals surface area contributed by atoms with Crippen molar-refractivity contribution < 1.29 is 33.9 Å². The second-order valence-electron chi connectivity index (χ2n) is 7.45. The van der Waals surface area contributed by atoms with E-state index in [2.05, 4.69) is 5.32 Å². The first kappa shape index (κ1) is 23.1. The third-order valence-electron chi connectivity index (χ3n) is 5.19. The van der Waals surface area contributed by atoms with E-state index in [1.807, 2.05) is 0 Å². The van der Waals surface area contributed by atoms with E-state index in [1.54, 1.807) is 30.3 Å². The van der Waals surface area contributed by atoms with Crippen LogP contribution >= 0.6 is 0 Å². The van der Waals surface area contributed by atoms with Crippen LogP contribution in [0.5, 0.6) is 11.5 Å². The summed E-state index contributed by atoms with van der Waals surface area (Å²) in [5.74, 6) is -3.06. The molecule has 1 aliphatic rings. The van der Waals surface area contributed by atoms with Crippen LogP contribution in [-0.4, -0.2) is 45.2 Å². The number of anilines is 1. The highest BCUT2D eigenvalue weighted by Crippen LogP contribution is 2.31. The number of rotatable bonds is 7. The molecule has 176 valence electrons. The largest absolute Gasteiger partial charge is 0.507 e. The predicted octanol–water partition coefficient (Wildman–Crippen LogP) is 3.14. The number of hydrogen-bond donors (Lipinski definition) is 2. The van der Waals surface area contributed by atoms with Gasteiger partial charge in [-0.25, -0.2) is 4.79 Å². The Bertz CT molecular complexity index is 1370. The molecule has 0 aliphatic carbocycles. The number of nitrogens with zero attached hydrogens (tertiary/aromatic N) is 2. The smallest absolute Gasteiger partial charge is 0.347 e. The number of ether oxygens (including phenoxy) is 1. The summed E-state index contributed by atoms with van der Waals surface area (Å²) in [6, 6.07) is 15.9. The molecule has 0 aromatic heterocycles. The number of carbonyl (C=O) groups excluding carboxylic acids is 4. The zero-order valence-corrected chi connectivity index (χ0v) is 18.0. The monoisotopic (exact) mass is 475 g/mol. The summed E-state index contributed by atoms with van der Waals surface area (Å²) in [4.78, 5) is 60.9. The van der Waals surface area contributed by atoms with Gasteiger partial charge in [-0.05, 0) is 30.3 Å². The first-order chi connectivity index (χ1) is 16.8. The minimum absolute atomic E-state index is 0.0903. The molecule has 3 amide bonds. The van der Waals surface area contributed by atoms with Crippen molar-refractivity contribution in [2.75, 3.05) is 11.9 Å². The number of phenols is 1. The molecule has 0 bridgehead atoms. The second kappa shape index (κ2) is 9.43. The maximum Gasteiger partial charge on any atom is 0.347 e. The number of nitro benzene ring substituents is 1. The van der Waals surface area contributed by atoms with E-state index in [9.17, 15) is 34.4 Å². The van der Waals surface area contributed by atoms with E-state index < -0.39 is 40.1 Å². The molecule has 4 rings (SSSR count). The lowest BCUT2D eigenvalue weighted by Crippen LogP contribution is -2.33. The standard InChI is InChI=1S/C24H17N3O8/c28-19-13-14(9-10-16(19)24(32)35-15-5-2-1-3-6-15)25-20(29)11-12-26-22(30)17-7-4-8-18(27(33)34)21(17)23(26)31/h1-10,13,28H,11-12H2,(H,25,29). The number of amides is 3. The van der Waals surface area contributed by atoms with Gasteiger partial charge >= 0.3 is 5.97 Å². The van der Waals surface area contributed by atoms with Gasteiger partial charge in [0.1, 0.15) is 22.6 Å². The van der Waals surface area contributed by atoms with Gasteiger partial charge in [-0.15, -0.1) is 0 Å². The van der Waals surface area contributed by atoms with Crippen LogP contribution < -0.4 is 10.1 Å². The summed E-state index contributed by atoms with van der Waals surface area (Å²) < 4.78 is 5.17. The van der Waals surface area contributed by atoms with Crippen molar-refractivity contribution in [1.82, 2.24) is 4.90 Å². The first-order valence-electron chi connectivity index (χ1n) is 10.3. The summed E-state index contributed by atoms with van der Waals surface area (Å²) in [5, 5.41) is 23.9. The fourth-order valence-corrected chi connectivity index (χ4v) is 3.54. The topological polar surface area (TPSA) is 156 Å². The number of nitrogens with one attached hydrogen (secondary N) is 1. The highest BCUT2D eigenvalue weighted by atomic mass is 16.6. The number of benzene rings is 3. The van der Waals surface area contributed by atoms with Crippen molar-refractivity contribution in [2.45, 2.75) is 6.42 Å². The minimum Gasteiger partial charge on any atom is -0.507 e. The van der Waals surface area contributed by atoms with Gasteiger partial charge in [-0.1, -0.05) is 24.3 Å². The zero-order valence-electron chi connectivity index (χ0n) is 18.0. The number of nitro groups is 1. The number of hydrogen-bond acceptors (Lipinski definition) is 8. The van der Waals surface area contributed by atoms with Crippen molar-refractivity contribution in [3.05, 3.63) is 93.5 Å². The van der Waals surface area contributed by atoms with Gasteiger partial charge < -0.3 is 15.2 Å². The third kappa shape index (κ3) is 4.69. The van der Waals surface area contributed by atoms with Crippen molar-refractivity contribution in [3.63, 3.8) is 0 Å². The van der Waals surface area contributed by atoms with Crippen LogP contribution in [0.25, 0.3) is 0 Å². The molecule has 0 radical (unpaired) electrons. The summed E-state index contributed by atoms with van der Waals surface area (Å²) >= 11 is 0. The average molecular weight is 475 g/mol. The summed E-state index contributed by atoms with van der Waals surface area (Å²) in [5.41, 5.74) is -0.811. The molecule has 0 spiro atoms. The lowest BCUT2D eigenvalue weighted by molar-refractivity contribution is -0.385. The van der Waals surface area contributed by atoms with Crippen molar-refractivity contribution >= 4 is 35.1 Å². The predicted molar refractivity (Wildman–Crippen MR) is 121 cm³/mol. The number of phenolic OH excluding ortho intramolecular Hbond substituents is 1. The van der Waals surface area contributed by atoms with Gasteiger partial charge in [0.2, 0.25) is 5.91 Å². The summed E-state index contributed by atoms with van der Waals surface area (Å²) in [6.07, 6.45) is -0.294. The lowest BCUT2D eigenvalue weighted by atomic mass is 10.1. The molecule has 11 nitrogen and oxygen atoms in total. The van der Waals surface area contributed by atoms with Crippen LogP contribution in [0.15, 0.2) is 66.7 Å². The molecule has 3 aromatic rings. The number of esters is 1. The Morgan fingerprint density at radius 1 is 1.00 bits per heavy atom. The number of aromatic hydroxyl groups is 1. The van der Waals surface area contributed by atoms with Crippen molar-refractivity contribution in [2.24, 2.45) is 0 Å². The van der Waals surface area contributed by atoms with Gasteiger partial charge in [0.05, 0.1) is 10.5 Å². The number of imide groups is 1. The van der Waals surface area contributed by atoms with Gasteiger partial charge in [-0.3, -0.25) is 29.4 Å². The van der Waals surface area contributed by atoms with E-state index in [1.165, 1.54) is 24.3 Å². The quantitative estimate of drug-likeness (QED) is 0.174. The molecule has 0 saturated carbocycles. The average Bonchev–Trinajstić information content (AvgIpc) is 3.07. The van der Waals surface area contributed by atoms with Crippen LogP contribution in [0.2, 0.25) is 0 Å². The van der Waals surface area contributed by atoms with Gasteiger partial charge in [0, 0.05) is 30.8 Å². The van der Waals surface area contributed by atoms with Gasteiger partial charge in [0.25, 0.3) is 17.5 Å². The first-order valence-corrected chi connectivity index (χ1v) is 10.3. The highest BCUT2D eigenvalue weighted by molar-refractivity contribution is 6.23. The molecule has 0 saturated heterocycles. The summed E-state index contributed by atoms with van der Waals surface area (Å²) in [7, 11) is 0. The van der Waals surface area contributed by atoms with Crippen LogP contribution in [0.4, 0.5) is 11.4 Å². The normalized spacial score (nSPS) is 12.3. The Balaban J connectivity index is 1.38. The Morgan fingerprint density at radius 2 is 1.74 bits per heavy atom. The van der Waals surface area contributed by atoms with E-state index >= 15 is 0 Å². The fraction of sp³-hybridized carbons (Fsp3) is 0.0833. The van der Waals surface area contributed by atoms with Crippen LogP contribution in [0, 0.1) is 10.1 Å². The molecule has 1 aliphatic heterocycles. The molecule has 2 N–H and O–H groups in total. The SMILES string of the molecule is O=C(CCN1C(=O)c2cccc([N+](=O)[O-])c2C1=O)Nc1ccc(C(=O)Oc2ccccc2)c(O)c1. The van der Waals surface area contributed by atoms with E-state index in [-0.39, 0.29) is 35.3 Å². The Morgan fingerprint density at radius 3 is 2.43 bits per heavy atom. The Hall–Kier alpha value is -5.06. The molecule has 3 aromatic carbocycles. The molecular weight excluding hydrogens is 458 g/mol. The van der Waals surface area contributed by atoms with Crippen LogP contribution in [0.1, 0.15) is 37.5 Å². The molecule has 0 unspecified atom stereocenters. The molecule has 11 heteroatoms. The Labute approximate surface area is 197 Å². The number of fused-ring (bicyclic) bond motifs is 1. The maximum atomic E-state index is 12.6. The Kier molecular flexibility index (Phi) is 6.23. The van der Waals surface area contributed by atoms with Gasteiger partial charge in [0.15, 0.2) is 0 Å². The van der Waals surface area contributed by atoms with Gasteiger partial charge in [-0.2, -0.15) is 0 Å². The molecule has 35 heavy (non-hydrogen) atoms. The minimum atomic E-state index is -0.843. The summed E-state index contributed by atoms with van der Waals surface area (Å²) in [6.45, 7) is -0.303. The molecule has 0 atom stereocenters. The second-order valence-corrected chi connectivity index (χ2v) is 7.45. The van der Waals surface area contributed by atoms with Crippen LogP contribution in [-0.2, 0) is 4.79 Å². The van der Waals surface area contributed by atoms with Crippen molar-refractivity contribution in [1.29, 1.82) is 0 Å². The lowest BCUT2D eigenvalue weighted by Gasteiger charge is -2.14. The number of para-hydroxylation sites is 1. The highest BCUT2D eigenvalue weighted by Gasteiger charge is 2.40. The van der Waals surface area contributed by atoms with E-state index in [4.69, 9.17) is 4.74 Å². The van der Waals surface area contributed by atoms with E-state index in [0.29, 0.717) is 5.75 Å². The van der Waals surface area contributed by atoms with E-state index in [0.717, 1.165) is 17.0 Å². The fourth-order valence-electron chi connectivity index (χ4n) is 3.54. The molecular formula is C24H17N3O8. The maximum absolute atomic E-state index is 12.6. The number of carbonyl (C=O) groups is 4. The van der Waals surface area contributed by atoms with Crippen LogP contribution in [0.3, 0.4) is 0 Å². The zero-order chi connectivity index (χ0) is 25.1. The van der Waals surface area contributed by atoms with Crippen molar-refractivity contribution in [3.8, 4) is 11.5 Å². The third-order valence-corrected chi connectivity index (χ3v) is 5.19.